The molecule has 0 radical (unpaired) electrons. The van der Waals surface area contributed by atoms with Crippen molar-refractivity contribution < 1.29 is 0 Å². The van der Waals surface area contributed by atoms with Crippen LogP contribution in [0, 0.1) is 10.8 Å². The average Bonchev–Trinajstić information content (AvgIpc) is 1.88. The van der Waals surface area contributed by atoms with Gasteiger partial charge in [-0.1, -0.05) is 13.8 Å². The Morgan fingerprint density at radius 3 is 2.31 bits per heavy atom. The van der Waals surface area contributed by atoms with Crippen molar-refractivity contribution in [3.05, 3.63) is 0 Å². The van der Waals surface area contributed by atoms with E-state index in [0.717, 1.165) is 6.42 Å². The first-order valence-corrected chi connectivity index (χ1v) is 3.86. The van der Waals surface area contributed by atoms with Crippen LogP contribution in [0.5, 0.6) is 0 Å². The Hall–Kier alpha value is 0.630. The summed E-state index contributed by atoms with van der Waals surface area (Å²) in [4.78, 5) is 3.88. The molecule has 0 aliphatic heterocycles. The van der Waals surface area contributed by atoms with Gasteiger partial charge in [-0.15, -0.1) is 12.4 Å². The van der Waals surface area contributed by atoms with Crippen molar-refractivity contribution in [2.24, 2.45) is 16.1 Å². The monoisotopic (exact) mass is 215 g/mol. The minimum atomic E-state index is 0. The van der Waals surface area contributed by atoms with Crippen LogP contribution < -0.4 is 5.73 Å². The molecule has 0 saturated heterocycles. The van der Waals surface area contributed by atoms with Gasteiger partial charge in [-0.3, -0.25) is 0 Å². The molecule has 0 spiro atoms. The van der Waals surface area contributed by atoms with Gasteiger partial charge < -0.3 is 5.73 Å². The Bertz CT molecular complexity index is 167. The van der Waals surface area contributed by atoms with Gasteiger partial charge in [0, 0.05) is 0 Å². The van der Waals surface area contributed by atoms with Crippen molar-refractivity contribution in [1.29, 1.82) is 5.41 Å². The number of hydrogen-bond donors (Lipinski definition) is 2. The van der Waals surface area contributed by atoms with Crippen LogP contribution >= 0.6 is 12.4 Å². The quantitative estimate of drug-likeness (QED) is 0.539. The molecule has 3 N–H and O–H groups in total. The van der Waals surface area contributed by atoms with Crippen molar-refractivity contribution in [3.8, 4) is 0 Å². The van der Waals surface area contributed by atoms with Crippen LogP contribution in [0.1, 0.15) is 27.2 Å². The third-order valence-electron chi connectivity index (χ3n) is 2.18. The molecular weight excluding hydrogens is 197 g/mol. The zero-order chi connectivity index (χ0) is 8.91. The summed E-state index contributed by atoms with van der Waals surface area (Å²) < 4.78 is 0. The van der Waals surface area contributed by atoms with Crippen LogP contribution in [-0.2, 0) is 0 Å². The average molecular weight is 216 g/mol. The second-order valence-electron chi connectivity index (χ2n) is 3.44. The van der Waals surface area contributed by atoms with Crippen LogP contribution in [0.4, 0.5) is 0 Å². The van der Waals surface area contributed by atoms with Crippen LogP contribution in [0.3, 0.4) is 0 Å². The molecule has 0 aromatic heterocycles. The first kappa shape index (κ1) is 19.2. The maximum absolute atomic E-state index is 6.70. The van der Waals surface area contributed by atoms with Crippen LogP contribution in [0.2, 0.25) is 0 Å². The summed E-state index contributed by atoms with van der Waals surface area (Å²) in [6, 6.07) is 2.19. The van der Waals surface area contributed by atoms with Gasteiger partial charge in [0.2, 0.25) is 0 Å². The first-order chi connectivity index (χ1) is 5.04. The van der Waals surface area contributed by atoms with Gasteiger partial charge in [-0.25, -0.2) is 10.4 Å². The van der Waals surface area contributed by atoms with E-state index in [2.05, 4.69) is 24.8 Å². The summed E-state index contributed by atoms with van der Waals surface area (Å²) in [7, 11) is 0. The maximum atomic E-state index is 6.70. The summed E-state index contributed by atoms with van der Waals surface area (Å²) >= 11 is 0. The Morgan fingerprint density at radius 1 is 1.54 bits per heavy atom. The molecule has 1 atom stereocenters. The molecule has 0 rings (SSSR count). The van der Waals surface area contributed by atoms with E-state index in [1.165, 1.54) is 0 Å². The summed E-state index contributed by atoms with van der Waals surface area (Å²) in [5, 5.41) is 6.70. The van der Waals surface area contributed by atoms with Gasteiger partial charge in [-0.2, -0.15) is 0 Å². The molecule has 0 amide bonds. The van der Waals surface area contributed by atoms with Gasteiger partial charge >= 0.3 is 29.6 Å². The predicted octanol–water partition coefficient (Wildman–Crippen LogP) is 1.28. The summed E-state index contributed by atoms with van der Waals surface area (Å²) in [5.41, 5.74) is 5.53. The van der Waals surface area contributed by atoms with E-state index in [0.29, 0.717) is 6.54 Å². The van der Waals surface area contributed by atoms with E-state index in [1.807, 2.05) is 6.92 Å². The van der Waals surface area contributed by atoms with Gasteiger partial charge in [-0.05, 0) is 25.3 Å². The number of aliphatic imine (C=N–C) groups is 1. The van der Waals surface area contributed by atoms with Crippen LogP contribution in [0.15, 0.2) is 4.99 Å². The second-order valence-corrected chi connectivity index (χ2v) is 3.44. The van der Waals surface area contributed by atoms with E-state index in [4.69, 9.17) is 11.1 Å². The Labute approximate surface area is 109 Å². The number of hydrogen-bond acceptors (Lipinski definition) is 3. The molecule has 0 fully saturated rings. The minimum absolute atomic E-state index is 0. The Balaban J connectivity index is -0.000000500. The second kappa shape index (κ2) is 9.20. The molecule has 0 heterocycles. The zero-order valence-corrected chi connectivity index (χ0v) is 8.74. The molecule has 5 heteroatoms. The fourth-order valence-corrected chi connectivity index (χ4v) is 0.852. The molecule has 0 aromatic carbocycles. The fraction of sp³-hybridized carbons (Fsp3) is 0.875. The number of rotatable bonds is 4. The molecule has 0 aliphatic carbocycles. The Kier molecular flexibility index (Phi) is 13.6. The van der Waals surface area contributed by atoms with E-state index < -0.39 is 0 Å². The molecule has 0 aliphatic rings. The first-order valence-electron chi connectivity index (χ1n) is 3.86. The summed E-state index contributed by atoms with van der Waals surface area (Å²) in [5.74, 6) is 0. The summed E-state index contributed by atoms with van der Waals surface area (Å²) in [6.07, 6.45) is 0.930. The molecule has 74 valence electrons. The van der Waals surface area contributed by atoms with Gasteiger partial charge in [0.1, 0.15) is 0 Å². The van der Waals surface area contributed by atoms with Crippen molar-refractivity contribution >= 4 is 48.0 Å². The van der Waals surface area contributed by atoms with Crippen molar-refractivity contribution in [2.75, 3.05) is 6.54 Å². The molecule has 1 unspecified atom stereocenters. The number of halogens is 1. The van der Waals surface area contributed by atoms with E-state index >= 15 is 0 Å². The predicted molar refractivity (Wildman–Crippen MR) is 61.5 cm³/mol. The van der Waals surface area contributed by atoms with Crippen molar-refractivity contribution in [2.45, 2.75) is 33.2 Å². The normalized spacial score (nSPS) is 11.7. The fourth-order valence-electron chi connectivity index (χ4n) is 0.852. The zero-order valence-electron chi connectivity index (χ0n) is 7.92. The van der Waals surface area contributed by atoms with Gasteiger partial charge in [0.25, 0.3) is 0 Å². The van der Waals surface area contributed by atoms with Crippen LogP contribution in [-0.4, -0.2) is 48.2 Å². The molecule has 0 saturated carbocycles. The SMILES string of the molecule is CC(N=C=N)C(C)(C)CCN.Cl.[NaH]. The van der Waals surface area contributed by atoms with E-state index in [-0.39, 0.29) is 53.4 Å². The standard InChI is InChI=1S/C8H17N3.ClH.Na.H/c1-7(11-6-10)8(2,3)4-5-9;;;/h7,10H,4-5,9H2,1-3H3;1H;;. The van der Waals surface area contributed by atoms with Crippen molar-refractivity contribution in [1.82, 2.24) is 0 Å². The number of nitrogens with two attached hydrogens (primary N) is 1. The molecular formula is C8H19ClN3Na. The Morgan fingerprint density at radius 2 is 2.00 bits per heavy atom. The van der Waals surface area contributed by atoms with Crippen molar-refractivity contribution in [3.63, 3.8) is 0 Å². The van der Waals surface area contributed by atoms with Crippen LogP contribution in [0.25, 0.3) is 0 Å². The van der Waals surface area contributed by atoms with Gasteiger partial charge in [0.05, 0.1) is 12.1 Å². The molecule has 3 nitrogen and oxygen atoms in total. The molecule has 13 heavy (non-hydrogen) atoms. The third-order valence-corrected chi connectivity index (χ3v) is 2.18. The van der Waals surface area contributed by atoms with E-state index in [1.54, 1.807) is 0 Å². The topological polar surface area (TPSA) is 62.2 Å². The summed E-state index contributed by atoms with van der Waals surface area (Å²) in [6.45, 7) is 6.86. The van der Waals surface area contributed by atoms with Gasteiger partial charge in [0.15, 0.2) is 0 Å². The van der Waals surface area contributed by atoms with E-state index in [9.17, 15) is 0 Å². The number of nitrogens with zero attached hydrogens (tertiary/aromatic N) is 1. The third kappa shape index (κ3) is 7.68. The number of nitrogens with one attached hydrogen (secondary N) is 1. The molecule has 0 aromatic rings. The molecule has 0 bridgehead atoms.